The molecule has 7 heteroatoms. The molecule has 0 saturated carbocycles. The van der Waals surface area contributed by atoms with Crippen molar-refractivity contribution < 1.29 is 21.4 Å². The summed E-state index contributed by atoms with van der Waals surface area (Å²) in [4.78, 5) is -0.0667. The van der Waals surface area contributed by atoms with Gasteiger partial charge in [-0.1, -0.05) is 15.9 Å². The number of aryl methyl sites for hydroxylation is 1. The van der Waals surface area contributed by atoms with E-state index in [2.05, 4.69) is 15.9 Å². The van der Waals surface area contributed by atoms with Crippen molar-refractivity contribution in [3.63, 3.8) is 0 Å². The van der Waals surface area contributed by atoms with Crippen molar-refractivity contribution >= 4 is 26.0 Å². The lowest BCUT2D eigenvalue weighted by Crippen LogP contribution is -2.10. The zero-order valence-corrected chi connectivity index (χ0v) is 12.6. The van der Waals surface area contributed by atoms with Crippen LogP contribution in [0.5, 0.6) is 5.75 Å². The second-order valence-electron chi connectivity index (χ2n) is 4.02. The molecule has 0 aliphatic carbocycles. The van der Waals surface area contributed by atoms with E-state index in [9.17, 15) is 17.2 Å². The molecule has 0 atom stereocenters. The van der Waals surface area contributed by atoms with Crippen LogP contribution >= 0.6 is 15.9 Å². The van der Waals surface area contributed by atoms with E-state index in [0.29, 0.717) is 11.6 Å². The number of benzene rings is 2. The average molecular weight is 363 g/mol. The van der Waals surface area contributed by atoms with Gasteiger partial charge in [-0.3, -0.25) is 0 Å². The summed E-state index contributed by atoms with van der Waals surface area (Å²) in [5.41, 5.74) is 0.708. The van der Waals surface area contributed by atoms with E-state index in [0.717, 1.165) is 16.6 Å². The van der Waals surface area contributed by atoms with Gasteiger partial charge in [-0.05, 0) is 42.8 Å². The highest BCUT2D eigenvalue weighted by Crippen LogP contribution is 2.24. The highest BCUT2D eigenvalue weighted by Gasteiger charge is 2.18. The minimum atomic E-state index is -4.09. The molecule has 0 aliphatic heterocycles. The van der Waals surface area contributed by atoms with Gasteiger partial charge < -0.3 is 4.18 Å². The van der Waals surface area contributed by atoms with Crippen LogP contribution in [0.2, 0.25) is 0 Å². The van der Waals surface area contributed by atoms with Crippen molar-refractivity contribution in [3.05, 3.63) is 58.1 Å². The van der Waals surface area contributed by atoms with Crippen LogP contribution < -0.4 is 4.18 Å². The Bertz CT molecular complexity index is 760. The maximum atomic E-state index is 13.0. The lowest BCUT2D eigenvalue weighted by Gasteiger charge is -2.08. The Labute approximate surface area is 123 Å². The smallest absolute Gasteiger partial charge is 0.339 e. The zero-order valence-electron chi connectivity index (χ0n) is 10.2. The molecule has 0 bridgehead atoms. The second-order valence-corrected chi connectivity index (χ2v) is 6.43. The third-order valence-corrected chi connectivity index (χ3v) is 4.65. The maximum absolute atomic E-state index is 13.0. The number of hydrogen-bond donors (Lipinski definition) is 0. The predicted octanol–water partition coefficient (Wildman–Crippen LogP) is 3.80. The van der Waals surface area contributed by atoms with E-state index in [1.54, 1.807) is 13.0 Å². The topological polar surface area (TPSA) is 43.4 Å². The molecule has 0 aliphatic rings. The first-order chi connectivity index (χ1) is 9.29. The molecule has 0 amide bonds. The molecule has 0 radical (unpaired) electrons. The molecule has 0 unspecified atom stereocenters. The summed E-state index contributed by atoms with van der Waals surface area (Å²) >= 11 is 3.25. The van der Waals surface area contributed by atoms with Gasteiger partial charge in [-0.15, -0.1) is 0 Å². The molecule has 0 aromatic heterocycles. The van der Waals surface area contributed by atoms with Gasteiger partial charge in [0.1, 0.15) is 10.6 Å². The van der Waals surface area contributed by atoms with Crippen LogP contribution in [0.25, 0.3) is 0 Å². The SMILES string of the molecule is Cc1cc(S(=O)(=O)Oc2ccc(F)c(F)c2)ccc1Br. The van der Waals surface area contributed by atoms with Gasteiger partial charge in [-0.2, -0.15) is 8.42 Å². The zero-order chi connectivity index (χ0) is 14.9. The van der Waals surface area contributed by atoms with Crippen molar-refractivity contribution in [1.82, 2.24) is 0 Å². The molecular weight excluding hydrogens is 354 g/mol. The fourth-order valence-electron chi connectivity index (χ4n) is 1.48. The third-order valence-electron chi connectivity index (χ3n) is 2.52. The lowest BCUT2D eigenvalue weighted by molar-refractivity contribution is 0.472. The first kappa shape index (κ1) is 14.9. The van der Waals surface area contributed by atoms with Crippen LogP contribution in [0.15, 0.2) is 45.8 Å². The Kier molecular flexibility index (Phi) is 4.10. The number of hydrogen-bond acceptors (Lipinski definition) is 3. The standard InChI is InChI=1S/C13H9BrF2O3S/c1-8-6-10(3-4-11(8)14)20(17,18)19-9-2-5-12(15)13(16)7-9/h2-7H,1H3. The summed E-state index contributed by atoms with van der Waals surface area (Å²) in [5.74, 6) is -2.54. The normalized spacial score (nSPS) is 11.4. The summed E-state index contributed by atoms with van der Waals surface area (Å²) in [7, 11) is -4.09. The van der Waals surface area contributed by atoms with Gasteiger partial charge in [0.25, 0.3) is 0 Å². The van der Waals surface area contributed by atoms with Gasteiger partial charge in [0.05, 0.1) is 0 Å². The molecule has 3 nitrogen and oxygen atoms in total. The molecular formula is C13H9BrF2O3S. The van der Waals surface area contributed by atoms with Crippen LogP contribution in [-0.2, 0) is 10.1 Å². The molecule has 0 fully saturated rings. The largest absolute Gasteiger partial charge is 0.379 e. The van der Waals surface area contributed by atoms with E-state index < -0.39 is 21.8 Å². The summed E-state index contributed by atoms with van der Waals surface area (Å²) in [6, 6.07) is 6.86. The molecule has 0 saturated heterocycles. The Morgan fingerprint density at radius 1 is 1.05 bits per heavy atom. The predicted molar refractivity (Wildman–Crippen MR) is 73.1 cm³/mol. The Morgan fingerprint density at radius 3 is 2.35 bits per heavy atom. The molecule has 2 aromatic rings. The Balaban J connectivity index is 2.35. The average Bonchev–Trinajstić information content (AvgIpc) is 2.37. The monoisotopic (exact) mass is 362 g/mol. The van der Waals surface area contributed by atoms with E-state index in [1.807, 2.05) is 0 Å². The second kappa shape index (κ2) is 5.49. The molecule has 2 aromatic carbocycles. The van der Waals surface area contributed by atoms with Crippen LogP contribution in [0.3, 0.4) is 0 Å². The summed E-state index contributed by atoms with van der Waals surface area (Å²) in [5, 5.41) is 0. The maximum Gasteiger partial charge on any atom is 0.339 e. The van der Waals surface area contributed by atoms with Crippen LogP contribution in [-0.4, -0.2) is 8.42 Å². The van der Waals surface area contributed by atoms with E-state index in [-0.39, 0.29) is 10.6 Å². The summed E-state index contributed by atoms with van der Waals surface area (Å²) in [6.45, 7) is 1.72. The molecule has 20 heavy (non-hydrogen) atoms. The quantitative estimate of drug-likeness (QED) is 0.779. The van der Waals surface area contributed by atoms with Crippen molar-refractivity contribution in [1.29, 1.82) is 0 Å². The van der Waals surface area contributed by atoms with Gasteiger partial charge >= 0.3 is 10.1 Å². The van der Waals surface area contributed by atoms with Gasteiger partial charge in [0.2, 0.25) is 0 Å². The Hall–Kier alpha value is -1.47. The number of rotatable bonds is 3. The molecule has 106 valence electrons. The van der Waals surface area contributed by atoms with Crippen molar-refractivity contribution in [2.24, 2.45) is 0 Å². The molecule has 0 heterocycles. The van der Waals surface area contributed by atoms with Gasteiger partial charge in [-0.25, -0.2) is 8.78 Å². The van der Waals surface area contributed by atoms with Crippen LogP contribution in [0.4, 0.5) is 8.78 Å². The van der Waals surface area contributed by atoms with Gasteiger partial charge in [0.15, 0.2) is 11.6 Å². The minimum Gasteiger partial charge on any atom is -0.379 e. The van der Waals surface area contributed by atoms with E-state index >= 15 is 0 Å². The van der Waals surface area contributed by atoms with Crippen molar-refractivity contribution in [2.75, 3.05) is 0 Å². The van der Waals surface area contributed by atoms with Gasteiger partial charge in [0, 0.05) is 10.5 Å². The van der Waals surface area contributed by atoms with Crippen molar-refractivity contribution in [3.8, 4) is 5.75 Å². The summed E-state index contributed by atoms with van der Waals surface area (Å²) < 4.78 is 55.3. The third kappa shape index (κ3) is 3.16. The van der Waals surface area contributed by atoms with Crippen molar-refractivity contribution in [2.45, 2.75) is 11.8 Å². The fourth-order valence-corrected chi connectivity index (χ4v) is 2.73. The highest BCUT2D eigenvalue weighted by molar-refractivity contribution is 9.10. The van der Waals surface area contributed by atoms with E-state index in [4.69, 9.17) is 4.18 Å². The first-order valence-corrected chi connectivity index (χ1v) is 7.65. The fraction of sp³-hybridized carbons (Fsp3) is 0.0769. The Morgan fingerprint density at radius 2 is 1.75 bits per heavy atom. The van der Waals surface area contributed by atoms with Crippen LogP contribution in [0, 0.1) is 18.6 Å². The van der Waals surface area contributed by atoms with E-state index in [1.165, 1.54) is 12.1 Å². The highest BCUT2D eigenvalue weighted by atomic mass is 79.9. The first-order valence-electron chi connectivity index (χ1n) is 5.45. The summed E-state index contributed by atoms with van der Waals surface area (Å²) in [6.07, 6.45) is 0. The number of halogens is 3. The molecule has 2 rings (SSSR count). The lowest BCUT2D eigenvalue weighted by atomic mass is 10.2. The van der Waals surface area contributed by atoms with Crippen LogP contribution in [0.1, 0.15) is 5.56 Å². The molecule has 0 N–H and O–H groups in total. The minimum absolute atomic E-state index is 0.0667. The molecule has 0 spiro atoms.